The lowest BCUT2D eigenvalue weighted by atomic mass is 9.74. The van der Waals surface area contributed by atoms with Gasteiger partial charge in [0.2, 0.25) is 0 Å². The van der Waals surface area contributed by atoms with Gasteiger partial charge in [0.05, 0.1) is 0 Å². The number of halogens is 1. The van der Waals surface area contributed by atoms with E-state index in [1.54, 1.807) is 26.8 Å². The summed E-state index contributed by atoms with van der Waals surface area (Å²) in [6.45, 7) is 6.65. The summed E-state index contributed by atoms with van der Waals surface area (Å²) >= 11 is 0. The molecule has 22 heavy (non-hydrogen) atoms. The second-order valence-corrected chi connectivity index (χ2v) is 5.87. The molecule has 0 saturated carbocycles. The number of carbonyl (C=O) groups is 2. The third-order valence-electron chi connectivity index (χ3n) is 4.46. The minimum Gasteiger partial charge on any atom is -0.289 e. The van der Waals surface area contributed by atoms with E-state index in [-0.39, 0.29) is 28.3 Å². The van der Waals surface area contributed by atoms with Gasteiger partial charge in [0.1, 0.15) is 13.7 Å². The summed E-state index contributed by atoms with van der Waals surface area (Å²) in [5.74, 6) is -1.01. The highest BCUT2D eigenvalue weighted by molar-refractivity contribution is 6.37. The fourth-order valence-electron chi connectivity index (χ4n) is 3.17. The Labute approximate surface area is 129 Å². The van der Waals surface area contributed by atoms with E-state index in [1.165, 1.54) is 13.0 Å². The number of hydrogen-bond donors (Lipinski definition) is 0. The van der Waals surface area contributed by atoms with Crippen LogP contribution in [0.3, 0.4) is 0 Å². The Morgan fingerprint density at radius 2 is 1.27 bits per heavy atom. The summed E-state index contributed by atoms with van der Waals surface area (Å²) in [5.41, 5.74) is 3.54. The molecule has 0 bridgehead atoms. The zero-order valence-electron chi connectivity index (χ0n) is 12.9. The first-order chi connectivity index (χ1) is 10.3. The molecule has 0 unspecified atom stereocenters. The van der Waals surface area contributed by atoms with Crippen molar-refractivity contribution in [3.63, 3.8) is 0 Å². The van der Waals surface area contributed by atoms with Crippen LogP contribution in [0.2, 0.25) is 0 Å². The molecular formula is C18H14BFO2. The first kappa shape index (κ1) is 14.7. The molecule has 4 heteroatoms. The smallest absolute Gasteiger partial charge is 0.194 e. The summed E-state index contributed by atoms with van der Waals surface area (Å²) < 4.78 is 14.1. The molecule has 3 rings (SSSR count). The van der Waals surface area contributed by atoms with Crippen LogP contribution in [0, 0.1) is 33.5 Å². The van der Waals surface area contributed by atoms with E-state index in [4.69, 9.17) is 7.85 Å². The minimum atomic E-state index is -0.438. The van der Waals surface area contributed by atoms with E-state index in [2.05, 4.69) is 0 Å². The zero-order chi connectivity index (χ0) is 16.3. The van der Waals surface area contributed by atoms with E-state index >= 15 is 0 Å². The molecular weight excluding hydrogens is 278 g/mol. The first-order valence-corrected chi connectivity index (χ1v) is 7.04. The van der Waals surface area contributed by atoms with Gasteiger partial charge in [-0.05, 0) is 56.5 Å². The molecule has 2 aromatic carbocycles. The third kappa shape index (κ3) is 1.73. The minimum absolute atomic E-state index is 0.171. The van der Waals surface area contributed by atoms with Crippen LogP contribution in [0.5, 0.6) is 0 Å². The Hall–Kier alpha value is -2.23. The molecule has 0 spiro atoms. The Morgan fingerprint density at radius 1 is 0.818 bits per heavy atom. The van der Waals surface area contributed by atoms with E-state index < -0.39 is 5.82 Å². The highest BCUT2D eigenvalue weighted by Crippen LogP contribution is 2.33. The van der Waals surface area contributed by atoms with Crippen LogP contribution >= 0.6 is 0 Å². The number of carbonyl (C=O) groups excluding carboxylic acids is 2. The zero-order valence-corrected chi connectivity index (χ0v) is 12.9. The first-order valence-electron chi connectivity index (χ1n) is 7.04. The van der Waals surface area contributed by atoms with Gasteiger partial charge in [-0.25, -0.2) is 4.39 Å². The summed E-state index contributed by atoms with van der Waals surface area (Å²) in [4.78, 5) is 25.6. The molecule has 2 radical (unpaired) electrons. The number of ketones is 2. The van der Waals surface area contributed by atoms with E-state index in [0.717, 1.165) is 5.56 Å². The van der Waals surface area contributed by atoms with Gasteiger partial charge in [0, 0.05) is 22.3 Å². The van der Waals surface area contributed by atoms with E-state index in [0.29, 0.717) is 27.7 Å². The van der Waals surface area contributed by atoms with Gasteiger partial charge >= 0.3 is 0 Å². The molecule has 0 saturated heterocycles. The maximum Gasteiger partial charge on any atom is 0.194 e. The molecule has 2 aromatic rings. The van der Waals surface area contributed by atoms with Crippen LogP contribution in [0.25, 0.3) is 0 Å². The van der Waals surface area contributed by atoms with Crippen LogP contribution in [0.15, 0.2) is 12.1 Å². The normalized spacial score (nSPS) is 13.1. The monoisotopic (exact) mass is 292 g/mol. The molecule has 0 fully saturated rings. The molecule has 2 nitrogen and oxygen atoms in total. The van der Waals surface area contributed by atoms with Gasteiger partial charge < -0.3 is 0 Å². The summed E-state index contributed by atoms with van der Waals surface area (Å²) in [6, 6.07) is 3.08. The standard InChI is InChI=1S/C18H14BFO2/c1-7-5-11-13(9(3)15(7)19)17(21)12-6-8(2)16(20)10(4)14(12)18(11)22/h5-6H,1-4H3. The van der Waals surface area contributed by atoms with Gasteiger partial charge in [0.15, 0.2) is 11.6 Å². The van der Waals surface area contributed by atoms with Gasteiger partial charge in [-0.2, -0.15) is 0 Å². The van der Waals surface area contributed by atoms with E-state index in [1.807, 2.05) is 0 Å². The quantitative estimate of drug-likeness (QED) is 0.597. The highest BCUT2D eigenvalue weighted by atomic mass is 19.1. The lowest BCUT2D eigenvalue weighted by Gasteiger charge is -2.24. The van der Waals surface area contributed by atoms with Crippen LogP contribution < -0.4 is 5.46 Å². The summed E-state index contributed by atoms with van der Waals surface area (Å²) in [5, 5.41) is 0. The lowest BCUT2D eigenvalue weighted by molar-refractivity contribution is 0.0977. The molecule has 0 heterocycles. The predicted octanol–water partition coefficient (Wildman–Crippen LogP) is 2.63. The SMILES string of the molecule is [B]c1c(C)cc2c(c1C)C(=O)c1cc(C)c(F)c(C)c1C2=O. The molecule has 0 N–H and O–H groups in total. The molecule has 108 valence electrons. The van der Waals surface area contributed by atoms with Gasteiger partial charge in [-0.1, -0.05) is 11.0 Å². The van der Waals surface area contributed by atoms with Crippen LogP contribution in [0.4, 0.5) is 4.39 Å². The fourth-order valence-corrected chi connectivity index (χ4v) is 3.17. The molecule has 0 amide bonds. The van der Waals surface area contributed by atoms with Crippen molar-refractivity contribution < 1.29 is 14.0 Å². The lowest BCUT2D eigenvalue weighted by Crippen LogP contribution is -2.28. The van der Waals surface area contributed by atoms with Crippen molar-refractivity contribution >= 4 is 24.9 Å². The summed E-state index contributed by atoms with van der Waals surface area (Å²) in [6.07, 6.45) is 0. The van der Waals surface area contributed by atoms with Crippen molar-refractivity contribution in [2.75, 3.05) is 0 Å². The van der Waals surface area contributed by atoms with Crippen molar-refractivity contribution in [2.45, 2.75) is 27.7 Å². The predicted molar refractivity (Wildman–Crippen MR) is 84.0 cm³/mol. The van der Waals surface area contributed by atoms with Crippen molar-refractivity contribution in [2.24, 2.45) is 0 Å². The molecule has 1 aliphatic carbocycles. The number of benzene rings is 2. The average Bonchev–Trinajstić information content (AvgIpc) is 2.47. The van der Waals surface area contributed by atoms with Crippen molar-refractivity contribution in [1.82, 2.24) is 0 Å². The third-order valence-corrected chi connectivity index (χ3v) is 4.46. The Kier molecular flexibility index (Phi) is 3.10. The topological polar surface area (TPSA) is 34.1 Å². The van der Waals surface area contributed by atoms with Gasteiger partial charge in [0.25, 0.3) is 0 Å². The van der Waals surface area contributed by atoms with Crippen molar-refractivity contribution in [1.29, 1.82) is 0 Å². The molecule has 0 aromatic heterocycles. The Bertz CT molecular complexity index is 808. The van der Waals surface area contributed by atoms with Gasteiger partial charge in [-0.15, -0.1) is 0 Å². The second-order valence-electron chi connectivity index (χ2n) is 5.87. The number of aryl methyl sites for hydroxylation is 2. The number of fused-ring (bicyclic) bond motifs is 2. The number of hydrogen-bond acceptors (Lipinski definition) is 2. The highest BCUT2D eigenvalue weighted by Gasteiger charge is 2.34. The van der Waals surface area contributed by atoms with Crippen LogP contribution in [0.1, 0.15) is 54.1 Å². The van der Waals surface area contributed by atoms with Crippen LogP contribution in [-0.2, 0) is 0 Å². The Balaban J connectivity index is 2.43. The summed E-state index contributed by atoms with van der Waals surface area (Å²) in [7, 11) is 5.99. The fraction of sp³-hybridized carbons (Fsp3) is 0.222. The molecule has 1 aliphatic rings. The maximum absolute atomic E-state index is 14.1. The average molecular weight is 292 g/mol. The largest absolute Gasteiger partial charge is 0.289 e. The number of rotatable bonds is 0. The second kappa shape index (κ2) is 4.63. The molecule has 0 aliphatic heterocycles. The van der Waals surface area contributed by atoms with Crippen molar-refractivity contribution in [3.8, 4) is 0 Å². The maximum atomic E-state index is 14.1. The molecule has 0 atom stereocenters. The van der Waals surface area contributed by atoms with E-state index in [9.17, 15) is 14.0 Å². The van der Waals surface area contributed by atoms with Crippen LogP contribution in [-0.4, -0.2) is 19.4 Å². The van der Waals surface area contributed by atoms with Crippen molar-refractivity contribution in [3.05, 3.63) is 62.5 Å². The van der Waals surface area contributed by atoms with Gasteiger partial charge in [-0.3, -0.25) is 9.59 Å². The Morgan fingerprint density at radius 3 is 1.82 bits per heavy atom.